The summed E-state index contributed by atoms with van der Waals surface area (Å²) in [5.74, 6) is 2.45. The van der Waals surface area contributed by atoms with Gasteiger partial charge < -0.3 is 4.90 Å². The van der Waals surface area contributed by atoms with E-state index in [9.17, 15) is 0 Å². The Morgan fingerprint density at radius 2 is 1.72 bits per heavy atom. The molecule has 98 valence electrons. The summed E-state index contributed by atoms with van der Waals surface area (Å²) in [5, 5.41) is 0. The maximum absolute atomic E-state index is 5.89. The van der Waals surface area contributed by atoms with E-state index in [2.05, 4.69) is 39.0 Å². The smallest absolute Gasteiger partial charge is 0.0511 e. The molecule has 1 nitrogen and oxygen atoms in total. The fourth-order valence-corrected chi connectivity index (χ4v) is 3.23. The van der Waals surface area contributed by atoms with Crippen molar-refractivity contribution in [3.8, 4) is 0 Å². The van der Waals surface area contributed by atoms with Crippen LogP contribution in [-0.2, 0) is 5.88 Å². The summed E-state index contributed by atoms with van der Waals surface area (Å²) in [6.07, 6.45) is 5.66. The summed E-state index contributed by atoms with van der Waals surface area (Å²) in [4.78, 5) is 2.58. The second kappa shape index (κ2) is 5.42. The zero-order valence-corrected chi connectivity index (χ0v) is 12.9. The lowest BCUT2D eigenvalue weighted by atomic mass is 10.2. The summed E-state index contributed by atoms with van der Waals surface area (Å²) in [6, 6.07) is 6.54. The molecular formula is C15H19BrClN. The molecule has 2 saturated carbocycles. The molecule has 0 unspecified atom stereocenters. The van der Waals surface area contributed by atoms with Crippen molar-refractivity contribution in [2.24, 2.45) is 11.8 Å². The number of hydrogen-bond acceptors (Lipinski definition) is 1. The third kappa shape index (κ3) is 3.21. The first-order chi connectivity index (χ1) is 8.76. The number of nitrogens with zero attached hydrogens (tertiary/aromatic N) is 1. The maximum Gasteiger partial charge on any atom is 0.0511 e. The number of hydrogen-bond donors (Lipinski definition) is 0. The van der Waals surface area contributed by atoms with Crippen LogP contribution in [0.4, 0.5) is 5.69 Å². The molecule has 0 aromatic heterocycles. The number of alkyl halides is 1. The summed E-state index contributed by atoms with van der Waals surface area (Å²) in [6.45, 7) is 2.46. The lowest BCUT2D eigenvalue weighted by Gasteiger charge is -2.26. The van der Waals surface area contributed by atoms with Gasteiger partial charge in [0.15, 0.2) is 0 Å². The van der Waals surface area contributed by atoms with Gasteiger partial charge in [0.1, 0.15) is 0 Å². The molecule has 1 aromatic carbocycles. The van der Waals surface area contributed by atoms with Crippen LogP contribution in [0.25, 0.3) is 0 Å². The third-order valence-corrected chi connectivity index (χ3v) is 4.80. The van der Waals surface area contributed by atoms with Crippen molar-refractivity contribution >= 4 is 33.2 Å². The molecule has 2 fully saturated rings. The highest BCUT2D eigenvalue weighted by Gasteiger charge is 2.29. The molecule has 0 spiro atoms. The number of benzene rings is 1. The van der Waals surface area contributed by atoms with Gasteiger partial charge in [-0.1, -0.05) is 6.07 Å². The van der Waals surface area contributed by atoms with Gasteiger partial charge in [0.2, 0.25) is 0 Å². The molecule has 0 bridgehead atoms. The van der Waals surface area contributed by atoms with Gasteiger partial charge in [-0.2, -0.15) is 0 Å². The second-order valence-corrected chi connectivity index (χ2v) is 6.83. The van der Waals surface area contributed by atoms with Gasteiger partial charge in [0.25, 0.3) is 0 Å². The van der Waals surface area contributed by atoms with Crippen LogP contribution in [0, 0.1) is 11.8 Å². The van der Waals surface area contributed by atoms with Crippen LogP contribution in [0.15, 0.2) is 22.7 Å². The van der Waals surface area contributed by atoms with Gasteiger partial charge >= 0.3 is 0 Å². The predicted molar refractivity (Wildman–Crippen MR) is 81.4 cm³/mol. The average Bonchev–Trinajstić information content (AvgIpc) is 3.23. The Labute approximate surface area is 123 Å². The molecule has 0 amide bonds. The average molecular weight is 329 g/mol. The molecule has 2 aliphatic carbocycles. The van der Waals surface area contributed by atoms with Crippen molar-refractivity contribution in [3.05, 3.63) is 28.2 Å². The van der Waals surface area contributed by atoms with E-state index >= 15 is 0 Å². The molecule has 2 aliphatic rings. The normalized spacial score (nSPS) is 19.0. The van der Waals surface area contributed by atoms with Crippen LogP contribution in [0.1, 0.15) is 31.2 Å². The van der Waals surface area contributed by atoms with Crippen LogP contribution < -0.4 is 4.90 Å². The van der Waals surface area contributed by atoms with Gasteiger partial charge in [0.05, 0.1) is 5.69 Å². The molecule has 0 N–H and O–H groups in total. The number of anilines is 1. The topological polar surface area (TPSA) is 3.24 Å². The fraction of sp³-hybridized carbons (Fsp3) is 0.600. The summed E-state index contributed by atoms with van der Waals surface area (Å²) in [7, 11) is 0. The molecule has 0 aliphatic heterocycles. The first-order valence-corrected chi connectivity index (χ1v) is 8.18. The standard InChI is InChI=1S/C15H19BrClN/c16-14-7-13(8-17)5-6-15(14)18(9-11-1-2-11)10-12-3-4-12/h5-7,11-12H,1-4,8-10H2. The van der Waals surface area contributed by atoms with Crippen molar-refractivity contribution in [1.29, 1.82) is 0 Å². The van der Waals surface area contributed by atoms with Crippen molar-refractivity contribution in [2.45, 2.75) is 31.6 Å². The van der Waals surface area contributed by atoms with Gasteiger partial charge in [-0.15, -0.1) is 11.6 Å². The molecule has 3 rings (SSSR count). The Bertz CT molecular complexity index is 413. The van der Waals surface area contributed by atoms with E-state index in [1.54, 1.807) is 0 Å². The predicted octanol–water partition coefficient (Wildman–Crippen LogP) is 4.81. The van der Waals surface area contributed by atoms with Crippen molar-refractivity contribution < 1.29 is 0 Å². The quantitative estimate of drug-likeness (QED) is 0.677. The first-order valence-electron chi connectivity index (χ1n) is 6.85. The van der Waals surface area contributed by atoms with Crippen LogP contribution >= 0.6 is 27.5 Å². The van der Waals surface area contributed by atoms with Crippen LogP contribution in [0.5, 0.6) is 0 Å². The number of halogens is 2. The van der Waals surface area contributed by atoms with E-state index in [0.717, 1.165) is 11.8 Å². The molecule has 3 heteroatoms. The maximum atomic E-state index is 5.89. The zero-order valence-electron chi connectivity index (χ0n) is 10.5. The molecule has 0 saturated heterocycles. The Morgan fingerprint density at radius 3 is 2.17 bits per heavy atom. The largest absolute Gasteiger partial charge is 0.370 e. The lowest BCUT2D eigenvalue weighted by Crippen LogP contribution is -2.28. The highest BCUT2D eigenvalue weighted by molar-refractivity contribution is 9.10. The first kappa shape index (κ1) is 12.8. The summed E-state index contributed by atoms with van der Waals surface area (Å²) >= 11 is 9.59. The van der Waals surface area contributed by atoms with E-state index in [4.69, 9.17) is 11.6 Å². The van der Waals surface area contributed by atoms with Gasteiger partial charge in [-0.25, -0.2) is 0 Å². The van der Waals surface area contributed by atoms with E-state index < -0.39 is 0 Å². The minimum Gasteiger partial charge on any atom is -0.370 e. The SMILES string of the molecule is ClCc1ccc(N(CC2CC2)CC2CC2)c(Br)c1. The molecule has 1 aromatic rings. The molecule has 0 heterocycles. The van der Waals surface area contributed by atoms with Gasteiger partial charge in [0, 0.05) is 23.4 Å². The minimum absolute atomic E-state index is 0.587. The molecule has 0 atom stereocenters. The van der Waals surface area contributed by atoms with Crippen LogP contribution in [0.2, 0.25) is 0 Å². The molecular weight excluding hydrogens is 310 g/mol. The fourth-order valence-electron chi connectivity index (χ4n) is 2.39. The van der Waals surface area contributed by atoms with Crippen LogP contribution in [0.3, 0.4) is 0 Å². The second-order valence-electron chi connectivity index (χ2n) is 5.71. The Kier molecular flexibility index (Phi) is 3.86. The van der Waals surface area contributed by atoms with E-state index in [0.29, 0.717) is 5.88 Å². The van der Waals surface area contributed by atoms with E-state index in [1.165, 1.54) is 54.5 Å². The summed E-state index contributed by atoms with van der Waals surface area (Å²) < 4.78 is 1.20. The van der Waals surface area contributed by atoms with E-state index in [1.807, 2.05) is 0 Å². The molecule has 0 radical (unpaired) electrons. The van der Waals surface area contributed by atoms with Crippen LogP contribution in [-0.4, -0.2) is 13.1 Å². The highest BCUT2D eigenvalue weighted by Crippen LogP contribution is 2.38. The van der Waals surface area contributed by atoms with Crippen molar-refractivity contribution in [3.63, 3.8) is 0 Å². The van der Waals surface area contributed by atoms with Gasteiger partial charge in [-0.05, 0) is 71.1 Å². The monoisotopic (exact) mass is 327 g/mol. The van der Waals surface area contributed by atoms with Crippen molar-refractivity contribution in [1.82, 2.24) is 0 Å². The third-order valence-electron chi connectivity index (χ3n) is 3.86. The van der Waals surface area contributed by atoms with Gasteiger partial charge in [-0.3, -0.25) is 0 Å². The van der Waals surface area contributed by atoms with E-state index in [-0.39, 0.29) is 0 Å². The lowest BCUT2D eigenvalue weighted by molar-refractivity contribution is 0.678. The summed E-state index contributed by atoms with van der Waals surface area (Å²) in [5.41, 5.74) is 2.53. The zero-order chi connectivity index (χ0) is 12.5. The number of rotatable bonds is 6. The Hall–Kier alpha value is -0.210. The minimum atomic E-state index is 0.587. The molecule has 18 heavy (non-hydrogen) atoms. The Balaban J connectivity index is 1.77. The highest BCUT2D eigenvalue weighted by atomic mass is 79.9. The Morgan fingerprint density at radius 1 is 1.11 bits per heavy atom. The van der Waals surface area contributed by atoms with Crippen molar-refractivity contribution in [2.75, 3.05) is 18.0 Å².